The van der Waals surface area contributed by atoms with E-state index < -0.39 is 0 Å². The van der Waals surface area contributed by atoms with Crippen molar-refractivity contribution in [3.8, 4) is 0 Å². The number of nitrogens with zero attached hydrogens (tertiary/aromatic N) is 1. The highest BCUT2D eigenvalue weighted by Crippen LogP contribution is 2.19. The van der Waals surface area contributed by atoms with E-state index in [1.165, 1.54) is 6.07 Å². The SMILES string of the molecule is C=C(CNC(C)C)CN(CC)c1ccccc1F. The monoisotopic (exact) mass is 250 g/mol. The zero-order chi connectivity index (χ0) is 13.5. The van der Waals surface area contributed by atoms with Crippen molar-refractivity contribution < 1.29 is 4.39 Å². The molecule has 0 aliphatic rings. The molecule has 1 aromatic carbocycles. The van der Waals surface area contributed by atoms with E-state index in [9.17, 15) is 4.39 Å². The standard InChI is InChI=1S/C15H23FN2/c1-5-18(11-13(4)10-17-12(2)3)15-9-7-6-8-14(15)16/h6-9,12,17H,4-5,10-11H2,1-3H3. The van der Waals surface area contributed by atoms with Gasteiger partial charge >= 0.3 is 0 Å². The van der Waals surface area contributed by atoms with Gasteiger partial charge in [0.05, 0.1) is 5.69 Å². The van der Waals surface area contributed by atoms with Crippen LogP contribution in [0.5, 0.6) is 0 Å². The normalized spacial score (nSPS) is 10.7. The maximum absolute atomic E-state index is 13.7. The van der Waals surface area contributed by atoms with Crippen molar-refractivity contribution in [1.29, 1.82) is 0 Å². The molecule has 1 aromatic rings. The molecule has 0 amide bonds. The lowest BCUT2D eigenvalue weighted by molar-refractivity contribution is 0.607. The summed E-state index contributed by atoms with van der Waals surface area (Å²) in [7, 11) is 0. The minimum absolute atomic E-state index is 0.177. The van der Waals surface area contributed by atoms with Gasteiger partial charge in [-0.15, -0.1) is 0 Å². The van der Waals surface area contributed by atoms with Crippen LogP contribution < -0.4 is 10.2 Å². The summed E-state index contributed by atoms with van der Waals surface area (Å²) >= 11 is 0. The topological polar surface area (TPSA) is 15.3 Å². The average Bonchev–Trinajstić information content (AvgIpc) is 2.34. The van der Waals surface area contributed by atoms with E-state index in [-0.39, 0.29) is 5.82 Å². The van der Waals surface area contributed by atoms with Crippen LogP contribution in [0.15, 0.2) is 36.4 Å². The molecule has 18 heavy (non-hydrogen) atoms. The van der Waals surface area contributed by atoms with E-state index in [0.717, 1.165) is 18.7 Å². The van der Waals surface area contributed by atoms with Crippen LogP contribution in [0.2, 0.25) is 0 Å². The first-order valence-corrected chi connectivity index (χ1v) is 6.44. The van der Waals surface area contributed by atoms with Crippen LogP contribution in [-0.4, -0.2) is 25.7 Å². The molecule has 0 spiro atoms. The third-order valence-electron chi connectivity index (χ3n) is 2.75. The highest BCUT2D eigenvalue weighted by molar-refractivity contribution is 5.48. The second-order valence-electron chi connectivity index (χ2n) is 4.75. The Morgan fingerprint density at radius 3 is 2.61 bits per heavy atom. The smallest absolute Gasteiger partial charge is 0.146 e. The van der Waals surface area contributed by atoms with Crippen LogP contribution in [0.4, 0.5) is 10.1 Å². The summed E-state index contributed by atoms with van der Waals surface area (Å²) in [5.41, 5.74) is 1.71. The van der Waals surface area contributed by atoms with Crippen LogP contribution in [0.3, 0.4) is 0 Å². The van der Waals surface area contributed by atoms with E-state index in [1.54, 1.807) is 6.07 Å². The van der Waals surface area contributed by atoms with Crippen LogP contribution >= 0.6 is 0 Å². The molecule has 0 heterocycles. The molecule has 2 nitrogen and oxygen atoms in total. The molecule has 0 saturated heterocycles. The van der Waals surface area contributed by atoms with E-state index in [1.807, 2.05) is 24.0 Å². The molecule has 0 aromatic heterocycles. The van der Waals surface area contributed by atoms with Crippen LogP contribution in [0, 0.1) is 5.82 Å². The molecule has 0 aliphatic carbocycles. The fourth-order valence-electron chi connectivity index (χ4n) is 1.75. The summed E-state index contributed by atoms with van der Waals surface area (Å²) < 4.78 is 13.7. The van der Waals surface area contributed by atoms with Crippen LogP contribution in [0.1, 0.15) is 20.8 Å². The molecule has 0 bridgehead atoms. The second-order valence-corrected chi connectivity index (χ2v) is 4.75. The Morgan fingerprint density at radius 2 is 2.06 bits per heavy atom. The predicted molar refractivity (Wildman–Crippen MR) is 76.6 cm³/mol. The van der Waals surface area contributed by atoms with Gasteiger partial charge in [0, 0.05) is 25.7 Å². The van der Waals surface area contributed by atoms with Gasteiger partial charge in [-0.05, 0) is 24.6 Å². The van der Waals surface area contributed by atoms with Crippen molar-refractivity contribution in [2.45, 2.75) is 26.8 Å². The third kappa shape index (κ3) is 4.49. The number of halogens is 1. The van der Waals surface area contributed by atoms with Gasteiger partial charge in [0.15, 0.2) is 0 Å². The first-order valence-electron chi connectivity index (χ1n) is 6.44. The largest absolute Gasteiger partial charge is 0.365 e. The Labute approximate surface area is 110 Å². The Kier molecular flexibility index (Phi) is 5.86. The molecule has 0 unspecified atom stereocenters. The maximum Gasteiger partial charge on any atom is 0.146 e. The number of para-hydroxylation sites is 1. The molecule has 3 heteroatoms. The molecule has 0 fully saturated rings. The quantitative estimate of drug-likeness (QED) is 0.748. The molecule has 1 rings (SSSR count). The molecular formula is C15H23FN2. The zero-order valence-corrected chi connectivity index (χ0v) is 11.5. The number of anilines is 1. The number of hydrogen-bond donors (Lipinski definition) is 1. The van der Waals surface area contributed by atoms with Crippen molar-refractivity contribution in [2.24, 2.45) is 0 Å². The van der Waals surface area contributed by atoms with Gasteiger partial charge in [-0.2, -0.15) is 0 Å². The van der Waals surface area contributed by atoms with Gasteiger partial charge in [-0.1, -0.05) is 32.6 Å². The van der Waals surface area contributed by atoms with Gasteiger partial charge < -0.3 is 10.2 Å². The highest BCUT2D eigenvalue weighted by Gasteiger charge is 2.10. The number of nitrogens with one attached hydrogen (secondary N) is 1. The summed E-state index contributed by atoms with van der Waals surface area (Å²) in [5.74, 6) is -0.177. The van der Waals surface area contributed by atoms with E-state index in [4.69, 9.17) is 0 Å². The van der Waals surface area contributed by atoms with E-state index in [2.05, 4.69) is 25.7 Å². The first kappa shape index (κ1) is 14.7. The zero-order valence-electron chi connectivity index (χ0n) is 11.5. The van der Waals surface area contributed by atoms with Crippen molar-refractivity contribution in [3.05, 3.63) is 42.2 Å². The summed E-state index contributed by atoms with van der Waals surface area (Å²) in [6.45, 7) is 12.5. The molecule has 0 aliphatic heterocycles. The molecule has 0 saturated carbocycles. The summed E-state index contributed by atoms with van der Waals surface area (Å²) in [6.07, 6.45) is 0. The minimum atomic E-state index is -0.177. The van der Waals surface area contributed by atoms with Gasteiger partial charge in [-0.3, -0.25) is 0 Å². The summed E-state index contributed by atoms with van der Waals surface area (Å²) in [4.78, 5) is 2.00. The fraction of sp³-hybridized carbons (Fsp3) is 0.467. The van der Waals surface area contributed by atoms with Gasteiger partial charge in [0.1, 0.15) is 5.82 Å². The lowest BCUT2D eigenvalue weighted by Gasteiger charge is -2.25. The number of likely N-dealkylation sites (N-methyl/N-ethyl adjacent to an activating group) is 1. The number of rotatable bonds is 7. The van der Waals surface area contributed by atoms with Crippen molar-refractivity contribution in [3.63, 3.8) is 0 Å². The van der Waals surface area contributed by atoms with Gasteiger partial charge in [0.2, 0.25) is 0 Å². The van der Waals surface area contributed by atoms with Crippen molar-refractivity contribution in [2.75, 3.05) is 24.5 Å². The predicted octanol–water partition coefficient (Wildman–Crippen LogP) is 3.21. The van der Waals surface area contributed by atoms with Crippen molar-refractivity contribution in [1.82, 2.24) is 5.32 Å². The second kappa shape index (κ2) is 7.17. The highest BCUT2D eigenvalue weighted by atomic mass is 19.1. The van der Waals surface area contributed by atoms with Crippen molar-refractivity contribution >= 4 is 5.69 Å². The maximum atomic E-state index is 13.7. The molecular weight excluding hydrogens is 227 g/mol. The number of benzene rings is 1. The van der Waals surface area contributed by atoms with E-state index in [0.29, 0.717) is 18.3 Å². The Bertz CT molecular complexity index is 388. The molecule has 100 valence electrons. The summed E-state index contributed by atoms with van der Waals surface area (Å²) in [5, 5.41) is 3.32. The lowest BCUT2D eigenvalue weighted by atomic mass is 10.2. The third-order valence-corrected chi connectivity index (χ3v) is 2.75. The molecule has 1 N–H and O–H groups in total. The van der Waals surface area contributed by atoms with Gasteiger partial charge in [0.25, 0.3) is 0 Å². The fourth-order valence-corrected chi connectivity index (χ4v) is 1.75. The Hall–Kier alpha value is -1.35. The minimum Gasteiger partial charge on any atom is -0.365 e. The Morgan fingerprint density at radius 1 is 1.39 bits per heavy atom. The summed E-state index contributed by atoms with van der Waals surface area (Å²) in [6, 6.07) is 7.30. The average molecular weight is 250 g/mol. The molecule has 0 radical (unpaired) electrons. The number of hydrogen-bond acceptors (Lipinski definition) is 2. The van der Waals surface area contributed by atoms with Crippen LogP contribution in [-0.2, 0) is 0 Å². The van der Waals surface area contributed by atoms with Gasteiger partial charge in [-0.25, -0.2) is 4.39 Å². The van der Waals surface area contributed by atoms with Crippen LogP contribution in [0.25, 0.3) is 0 Å². The Balaban J connectivity index is 2.62. The first-order chi connectivity index (χ1) is 8.54. The lowest BCUT2D eigenvalue weighted by Crippen LogP contribution is -2.31. The van der Waals surface area contributed by atoms with E-state index >= 15 is 0 Å². The molecule has 0 atom stereocenters.